The normalized spacial score (nSPS) is 17.5. The third kappa shape index (κ3) is 3.65. The Bertz CT molecular complexity index is 729. The summed E-state index contributed by atoms with van der Waals surface area (Å²) in [6.07, 6.45) is 4.58. The van der Waals surface area contributed by atoms with Gasteiger partial charge in [-0.05, 0) is 43.5 Å². The van der Waals surface area contributed by atoms with Crippen LogP contribution in [0.5, 0.6) is 0 Å². The third-order valence-corrected chi connectivity index (χ3v) is 5.55. The first-order valence-corrected chi connectivity index (χ1v) is 9.19. The summed E-state index contributed by atoms with van der Waals surface area (Å²) in [6.45, 7) is 5.76. The van der Waals surface area contributed by atoms with E-state index in [9.17, 15) is 9.90 Å². The molecule has 1 aromatic carbocycles. The van der Waals surface area contributed by atoms with Crippen molar-refractivity contribution in [2.24, 2.45) is 5.92 Å². The third-order valence-electron chi connectivity index (χ3n) is 4.60. The Labute approximate surface area is 146 Å². The number of nitrogens with zero attached hydrogens (tertiary/aromatic N) is 3. The fraction of sp³-hybridized carbons (Fsp3) is 0.444. The van der Waals surface area contributed by atoms with Crippen molar-refractivity contribution in [1.29, 1.82) is 0 Å². The van der Waals surface area contributed by atoms with Gasteiger partial charge >= 0.3 is 0 Å². The highest BCUT2D eigenvalue weighted by Crippen LogP contribution is 2.23. The Kier molecular flexibility index (Phi) is 5.26. The molecule has 1 N–H and O–H groups in total. The van der Waals surface area contributed by atoms with E-state index in [1.807, 2.05) is 15.7 Å². The number of aromatic nitrogens is 2. The highest BCUT2D eigenvalue weighted by molar-refractivity contribution is 7.99. The van der Waals surface area contributed by atoms with Crippen LogP contribution in [0.25, 0.3) is 5.69 Å². The largest absolute Gasteiger partial charge is 0.396 e. The first-order chi connectivity index (χ1) is 11.6. The number of imidazole rings is 1. The van der Waals surface area contributed by atoms with Gasteiger partial charge < -0.3 is 10.0 Å². The van der Waals surface area contributed by atoms with Crippen molar-refractivity contribution in [3.05, 3.63) is 41.7 Å². The second-order valence-electron chi connectivity index (χ2n) is 6.31. The summed E-state index contributed by atoms with van der Waals surface area (Å²) in [5.41, 5.74) is 3.56. The molecule has 2 aromatic rings. The number of benzene rings is 1. The number of aliphatic hydroxyl groups is 1. The zero-order valence-electron chi connectivity index (χ0n) is 14.1. The summed E-state index contributed by atoms with van der Waals surface area (Å²) in [5.74, 6) is 0.724. The fourth-order valence-electron chi connectivity index (χ4n) is 2.89. The Morgan fingerprint density at radius 2 is 2.21 bits per heavy atom. The van der Waals surface area contributed by atoms with E-state index < -0.39 is 0 Å². The number of aryl methyl sites for hydroxylation is 2. The van der Waals surface area contributed by atoms with Gasteiger partial charge in [-0.2, -0.15) is 0 Å². The van der Waals surface area contributed by atoms with Crippen molar-refractivity contribution in [3.63, 3.8) is 0 Å². The molecule has 6 heteroatoms. The predicted octanol–water partition coefficient (Wildman–Crippen LogP) is 2.42. The molecule has 128 valence electrons. The van der Waals surface area contributed by atoms with Crippen LogP contribution in [0.3, 0.4) is 0 Å². The van der Waals surface area contributed by atoms with Gasteiger partial charge in [0.25, 0.3) is 0 Å². The van der Waals surface area contributed by atoms with Crippen LogP contribution in [-0.4, -0.2) is 50.9 Å². The molecule has 1 aliphatic rings. The molecule has 1 aromatic heterocycles. The smallest absolute Gasteiger partial charge is 0.233 e. The van der Waals surface area contributed by atoms with Crippen LogP contribution < -0.4 is 0 Å². The van der Waals surface area contributed by atoms with Gasteiger partial charge in [-0.25, -0.2) is 4.98 Å². The lowest BCUT2D eigenvalue weighted by molar-refractivity contribution is -0.127. The van der Waals surface area contributed by atoms with Crippen LogP contribution in [0, 0.1) is 19.8 Å². The van der Waals surface area contributed by atoms with E-state index in [4.69, 9.17) is 0 Å². The van der Waals surface area contributed by atoms with Crippen molar-refractivity contribution < 1.29 is 9.90 Å². The lowest BCUT2D eigenvalue weighted by Gasteiger charge is -2.16. The number of rotatable bonds is 5. The molecule has 0 radical (unpaired) electrons. The maximum atomic E-state index is 12.3. The summed E-state index contributed by atoms with van der Waals surface area (Å²) in [7, 11) is 0. The molecule has 0 spiro atoms. The number of carbonyl (C=O) groups is 1. The summed E-state index contributed by atoms with van der Waals surface area (Å²) in [6, 6.07) is 6.31. The van der Waals surface area contributed by atoms with Crippen molar-refractivity contribution in [1.82, 2.24) is 14.5 Å². The minimum Gasteiger partial charge on any atom is -0.396 e. The minimum absolute atomic E-state index is 0.116. The van der Waals surface area contributed by atoms with E-state index in [0.717, 1.165) is 23.8 Å². The number of amides is 1. The fourth-order valence-corrected chi connectivity index (χ4v) is 3.77. The molecular weight excluding hydrogens is 322 g/mol. The first-order valence-electron chi connectivity index (χ1n) is 8.21. The SMILES string of the molecule is Cc1ccc(-n2ccnc2SCC(=O)N2CCC(CO)C2)cc1C. The number of likely N-dealkylation sites (tertiary alicyclic amines) is 1. The molecule has 1 amide bonds. The summed E-state index contributed by atoms with van der Waals surface area (Å²) < 4.78 is 2.02. The van der Waals surface area contributed by atoms with Gasteiger partial charge in [-0.15, -0.1) is 0 Å². The van der Waals surface area contributed by atoms with Gasteiger partial charge in [0, 0.05) is 43.7 Å². The predicted molar refractivity (Wildman–Crippen MR) is 95.5 cm³/mol. The number of hydrogen-bond acceptors (Lipinski definition) is 4. The Balaban J connectivity index is 1.65. The molecule has 1 atom stereocenters. The van der Waals surface area contributed by atoms with Crippen molar-refractivity contribution in [2.75, 3.05) is 25.4 Å². The molecule has 5 nitrogen and oxygen atoms in total. The molecule has 0 saturated carbocycles. The Hall–Kier alpha value is -1.79. The van der Waals surface area contributed by atoms with Gasteiger partial charge in [0.2, 0.25) is 5.91 Å². The quantitative estimate of drug-likeness (QED) is 0.846. The van der Waals surface area contributed by atoms with E-state index >= 15 is 0 Å². The summed E-state index contributed by atoms with van der Waals surface area (Å²) >= 11 is 1.46. The van der Waals surface area contributed by atoms with Crippen LogP contribution in [0.4, 0.5) is 0 Å². The van der Waals surface area contributed by atoms with Crippen LogP contribution in [-0.2, 0) is 4.79 Å². The van der Waals surface area contributed by atoms with Crippen molar-refractivity contribution >= 4 is 17.7 Å². The Morgan fingerprint density at radius 3 is 2.92 bits per heavy atom. The highest BCUT2D eigenvalue weighted by atomic mass is 32.2. The summed E-state index contributed by atoms with van der Waals surface area (Å²) in [5, 5.41) is 10.0. The van der Waals surface area contributed by atoms with E-state index in [1.54, 1.807) is 6.20 Å². The molecule has 1 fully saturated rings. The molecule has 1 saturated heterocycles. The molecule has 0 bridgehead atoms. The number of carbonyl (C=O) groups excluding carboxylic acids is 1. The maximum absolute atomic E-state index is 12.3. The molecule has 1 unspecified atom stereocenters. The van der Waals surface area contributed by atoms with Crippen LogP contribution in [0.15, 0.2) is 35.7 Å². The Morgan fingerprint density at radius 1 is 1.38 bits per heavy atom. The van der Waals surface area contributed by atoms with Gasteiger partial charge in [-0.1, -0.05) is 17.8 Å². The highest BCUT2D eigenvalue weighted by Gasteiger charge is 2.25. The van der Waals surface area contributed by atoms with Gasteiger partial charge in [0.05, 0.1) is 5.75 Å². The average molecular weight is 345 g/mol. The minimum atomic E-state index is 0.116. The van der Waals surface area contributed by atoms with Crippen LogP contribution in [0.1, 0.15) is 17.5 Å². The van der Waals surface area contributed by atoms with E-state index in [1.165, 1.54) is 22.9 Å². The topological polar surface area (TPSA) is 58.4 Å². The second kappa shape index (κ2) is 7.40. The molecular formula is C18H23N3O2S. The molecule has 1 aliphatic heterocycles. The lowest BCUT2D eigenvalue weighted by Crippen LogP contribution is -2.30. The van der Waals surface area contributed by atoms with Crippen LogP contribution >= 0.6 is 11.8 Å². The molecule has 24 heavy (non-hydrogen) atoms. The standard InChI is InChI=1S/C18H23N3O2S/c1-13-3-4-16(9-14(13)2)21-8-6-19-18(21)24-12-17(23)20-7-5-15(10-20)11-22/h3-4,6,8-9,15,22H,5,7,10-12H2,1-2H3. The maximum Gasteiger partial charge on any atom is 0.233 e. The number of aliphatic hydroxyl groups excluding tert-OH is 1. The van der Waals surface area contributed by atoms with Crippen molar-refractivity contribution in [3.8, 4) is 5.69 Å². The van der Waals surface area contributed by atoms with E-state index in [-0.39, 0.29) is 18.4 Å². The molecule has 0 aliphatic carbocycles. The first kappa shape index (κ1) is 17.0. The average Bonchev–Trinajstić information content (AvgIpc) is 3.24. The molecule has 3 rings (SSSR count). The number of hydrogen-bond donors (Lipinski definition) is 1. The van der Waals surface area contributed by atoms with Crippen molar-refractivity contribution in [2.45, 2.75) is 25.4 Å². The lowest BCUT2D eigenvalue weighted by atomic mass is 10.1. The van der Waals surface area contributed by atoms with Gasteiger partial charge in [0.15, 0.2) is 5.16 Å². The zero-order valence-corrected chi connectivity index (χ0v) is 14.9. The second-order valence-corrected chi connectivity index (χ2v) is 7.26. The monoisotopic (exact) mass is 345 g/mol. The van der Waals surface area contributed by atoms with E-state index in [2.05, 4.69) is 37.0 Å². The van der Waals surface area contributed by atoms with Gasteiger partial charge in [-0.3, -0.25) is 9.36 Å². The molecule has 2 heterocycles. The summed E-state index contributed by atoms with van der Waals surface area (Å²) in [4.78, 5) is 18.6. The van der Waals surface area contributed by atoms with Gasteiger partial charge in [0.1, 0.15) is 0 Å². The van der Waals surface area contributed by atoms with Crippen LogP contribution in [0.2, 0.25) is 0 Å². The van der Waals surface area contributed by atoms with E-state index in [0.29, 0.717) is 12.3 Å². The number of thioether (sulfide) groups is 1. The zero-order chi connectivity index (χ0) is 17.1.